The molecule has 0 aliphatic rings. The maximum absolute atomic E-state index is 12.1. The minimum atomic E-state index is -0.00545. The maximum atomic E-state index is 12.1. The molecule has 26 heavy (non-hydrogen) atoms. The largest absolute Gasteiger partial charge is 0.351 e. The number of rotatable bonds is 8. The lowest BCUT2D eigenvalue weighted by Gasteiger charge is -2.09. The molecule has 3 rings (SSSR count). The van der Waals surface area contributed by atoms with Gasteiger partial charge in [-0.3, -0.25) is 4.79 Å². The summed E-state index contributed by atoms with van der Waals surface area (Å²) in [5.41, 5.74) is 2.37. The fraction of sp³-hybridized carbons (Fsp3) is 0.250. The normalized spacial score (nSPS) is 10.7. The van der Waals surface area contributed by atoms with Gasteiger partial charge >= 0.3 is 0 Å². The van der Waals surface area contributed by atoms with Gasteiger partial charge in [-0.1, -0.05) is 72.4 Å². The quantitative estimate of drug-likeness (QED) is 0.622. The van der Waals surface area contributed by atoms with Gasteiger partial charge in [-0.2, -0.15) is 0 Å². The zero-order valence-corrected chi connectivity index (χ0v) is 15.6. The highest BCUT2D eigenvalue weighted by Gasteiger charge is 2.11. The van der Waals surface area contributed by atoms with Crippen LogP contribution in [0.1, 0.15) is 17.0 Å². The lowest BCUT2D eigenvalue weighted by Crippen LogP contribution is -2.24. The molecule has 3 aromatic rings. The highest BCUT2D eigenvalue weighted by molar-refractivity contribution is 7.99. The Morgan fingerprint density at radius 3 is 2.35 bits per heavy atom. The molecule has 1 aromatic heterocycles. The van der Waals surface area contributed by atoms with Gasteiger partial charge in [-0.25, -0.2) is 0 Å². The summed E-state index contributed by atoms with van der Waals surface area (Å²) >= 11 is 1.42. The molecular formula is C20H22N4OS. The number of carbonyl (C=O) groups excluding carboxylic acids is 1. The summed E-state index contributed by atoms with van der Waals surface area (Å²) in [5, 5.41) is 12.1. The lowest BCUT2D eigenvalue weighted by molar-refractivity contribution is -0.118. The van der Waals surface area contributed by atoms with Crippen molar-refractivity contribution in [3.8, 4) is 0 Å². The number of hydrogen-bond donors (Lipinski definition) is 1. The second-order valence-electron chi connectivity index (χ2n) is 5.97. The molecule has 5 nitrogen and oxygen atoms in total. The Morgan fingerprint density at radius 1 is 1.00 bits per heavy atom. The number of carbonyl (C=O) groups is 1. The van der Waals surface area contributed by atoms with E-state index in [1.54, 1.807) is 0 Å². The van der Waals surface area contributed by atoms with Gasteiger partial charge in [0.2, 0.25) is 5.91 Å². The van der Waals surface area contributed by atoms with Crippen LogP contribution in [0, 0.1) is 6.92 Å². The molecular weight excluding hydrogens is 344 g/mol. The molecule has 0 aliphatic carbocycles. The molecule has 6 heteroatoms. The van der Waals surface area contributed by atoms with Gasteiger partial charge in [0.05, 0.1) is 5.75 Å². The van der Waals surface area contributed by atoms with Crippen molar-refractivity contribution in [2.45, 2.75) is 31.6 Å². The maximum Gasteiger partial charge on any atom is 0.230 e. The monoisotopic (exact) mass is 366 g/mol. The van der Waals surface area contributed by atoms with Gasteiger partial charge in [-0.05, 0) is 24.5 Å². The van der Waals surface area contributed by atoms with E-state index in [0.717, 1.165) is 29.5 Å². The molecule has 0 aliphatic heterocycles. The molecule has 1 N–H and O–H groups in total. The molecule has 0 fully saturated rings. The average Bonchev–Trinajstić information content (AvgIpc) is 3.04. The van der Waals surface area contributed by atoms with Crippen LogP contribution in [0.2, 0.25) is 0 Å². The smallest absolute Gasteiger partial charge is 0.230 e. The second-order valence-corrected chi connectivity index (χ2v) is 6.91. The second kappa shape index (κ2) is 9.20. The summed E-state index contributed by atoms with van der Waals surface area (Å²) in [7, 11) is 0. The molecule has 0 radical (unpaired) electrons. The van der Waals surface area contributed by atoms with E-state index in [2.05, 4.69) is 32.2 Å². The molecule has 2 aromatic carbocycles. The summed E-state index contributed by atoms with van der Waals surface area (Å²) in [6, 6.07) is 20.2. The van der Waals surface area contributed by atoms with E-state index in [4.69, 9.17) is 0 Å². The highest BCUT2D eigenvalue weighted by atomic mass is 32.2. The molecule has 0 bridgehead atoms. The van der Waals surface area contributed by atoms with Crippen molar-refractivity contribution in [1.29, 1.82) is 0 Å². The van der Waals surface area contributed by atoms with Crippen LogP contribution in [0.5, 0.6) is 0 Å². The Labute approximate surface area is 157 Å². The van der Waals surface area contributed by atoms with Gasteiger partial charge in [0.1, 0.15) is 5.82 Å². The Balaban J connectivity index is 1.51. The van der Waals surface area contributed by atoms with E-state index >= 15 is 0 Å². The van der Waals surface area contributed by atoms with Gasteiger partial charge in [0, 0.05) is 13.1 Å². The fourth-order valence-electron chi connectivity index (χ4n) is 2.59. The first-order chi connectivity index (χ1) is 12.7. The van der Waals surface area contributed by atoms with Crippen molar-refractivity contribution < 1.29 is 4.79 Å². The average molecular weight is 366 g/mol. The van der Waals surface area contributed by atoms with Crippen molar-refractivity contribution in [3.05, 3.63) is 77.6 Å². The van der Waals surface area contributed by atoms with Crippen LogP contribution in [0.3, 0.4) is 0 Å². The van der Waals surface area contributed by atoms with E-state index in [0.29, 0.717) is 12.3 Å². The SMILES string of the molecule is Cc1nnc(SCC(=O)NCc2ccccc2)n1CCc1ccccc1. The molecule has 0 saturated carbocycles. The predicted molar refractivity (Wildman–Crippen MR) is 104 cm³/mol. The number of nitrogens with one attached hydrogen (secondary N) is 1. The summed E-state index contributed by atoms with van der Waals surface area (Å²) in [4.78, 5) is 12.1. The Morgan fingerprint density at radius 2 is 1.65 bits per heavy atom. The summed E-state index contributed by atoms with van der Waals surface area (Å²) in [6.45, 7) is 3.29. The third-order valence-electron chi connectivity index (χ3n) is 4.03. The number of hydrogen-bond acceptors (Lipinski definition) is 4. The Kier molecular flexibility index (Phi) is 6.44. The number of aromatic nitrogens is 3. The molecule has 134 valence electrons. The number of thioether (sulfide) groups is 1. The highest BCUT2D eigenvalue weighted by Crippen LogP contribution is 2.17. The first kappa shape index (κ1) is 18.2. The number of benzene rings is 2. The van der Waals surface area contributed by atoms with Crippen LogP contribution in [0.25, 0.3) is 0 Å². The van der Waals surface area contributed by atoms with Crippen LogP contribution >= 0.6 is 11.8 Å². The van der Waals surface area contributed by atoms with Crippen molar-refractivity contribution in [2.24, 2.45) is 0 Å². The van der Waals surface area contributed by atoms with Crippen LogP contribution < -0.4 is 5.32 Å². The zero-order valence-electron chi connectivity index (χ0n) is 14.8. The van der Waals surface area contributed by atoms with Crippen molar-refractivity contribution in [3.63, 3.8) is 0 Å². The first-order valence-electron chi connectivity index (χ1n) is 8.59. The number of aryl methyl sites for hydroxylation is 2. The van der Waals surface area contributed by atoms with Crippen LogP contribution in [0.4, 0.5) is 0 Å². The van der Waals surface area contributed by atoms with E-state index in [9.17, 15) is 4.79 Å². The minimum absolute atomic E-state index is 0.00545. The predicted octanol–water partition coefficient (Wildman–Crippen LogP) is 3.24. The third-order valence-corrected chi connectivity index (χ3v) is 5.00. The van der Waals surface area contributed by atoms with E-state index in [1.807, 2.05) is 55.5 Å². The van der Waals surface area contributed by atoms with E-state index in [-0.39, 0.29) is 5.91 Å². The number of amides is 1. The molecule has 0 saturated heterocycles. The van der Waals surface area contributed by atoms with Gasteiger partial charge in [-0.15, -0.1) is 10.2 Å². The van der Waals surface area contributed by atoms with Gasteiger partial charge in [0.25, 0.3) is 0 Å². The van der Waals surface area contributed by atoms with Crippen molar-refractivity contribution in [2.75, 3.05) is 5.75 Å². The van der Waals surface area contributed by atoms with E-state index in [1.165, 1.54) is 17.3 Å². The lowest BCUT2D eigenvalue weighted by atomic mass is 10.1. The molecule has 0 spiro atoms. The van der Waals surface area contributed by atoms with Crippen LogP contribution in [-0.2, 0) is 24.3 Å². The summed E-state index contributed by atoms with van der Waals surface area (Å²) in [6.07, 6.45) is 0.910. The molecule has 0 unspecified atom stereocenters. The third kappa shape index (κ3) is 5.20. The van der Waals surface area contributed by atoms with E-state index < -0.39 is 0 Å². The Hall–Kier alpha value is -2.60. The number of nitrogens with zero attached hydrogens (tertiary/aromatic N) is 3. The Bertz CT molecular complexity index is 834. The summed E-state index contributed by atoms with van der Waals surface area (Å²) in [5.74, 6) is 1.19. The van der Waals surface area contributed by atoms with Crippen LogP contribution in [-0.4, -0.2) is 26.4 Å². The summed E-state index contributed by atoms with van der Waals surface area (Å²) < 4.78 is 2.07. The van der Waals surface area contributed by atoms with Crippen molar-refractivity contribution in [1.82, 2.24) is 20.1 Å². The van der Waals surface area contributed by atoms with Crippen molar-refractivity contribution >= 4 is 17.7 Å². The topological polar surface area (TPSA) is 59.8 Å². The molecule has 1 heterocycles. The van der Waals surface area contributed by atoms with Gasteiger partial charge < -0.3 is 9.88 Å². The minimum Gasteiger partial charge on any atom is -0.351 e. The standard InChI is InChI=1S/C20H22N4OS/c1-16-22-23-20(24(16)13-12-17-8-4-2-5-9-17)26-15-19(25)21-14-18-10-6-3-7-11-18/h2-11H,12-15H2,1H3,(H,21,25). The zero-order chi connectivity index (χ0) is 18.2. The molecule has 0 atom stereocenters. The van der Waals surface area contributed by atoms with Crippen LogP contribution in [0.15, 0.2) is 65.8 Å². The molecule has 1 amide bonds. The first-order valence-corrected chi connectivity index (χ1v) is 9.58. The fourth-order valence-corrected chi connectivity index (χ4v) is 3.43. The van der Waals surface area contributed by atoms with Gasteiger partial charge in [0.15, 0.2) is 5.16 Å².